The van der Waals surface area contributed by atoms with Crippen LogP contribution in [0.3, 0.4) is 0 Å². The Hall–Kier alpha value is -13.7. The molecule has 18 aromatic rings. The van der Waals surface area contributed by atoms with Gasteiger partial charge in [-0.1, -0.05) is 258 Å². The molecule has 0 aliphatic carbocycles. The summed E-state index contributed by atoms with van der Waals surface area (Å²) in [6.45, 7) is 10.3. The van der Waals surface area contributed by atoms with Crippen LogP contribution in [0.2, 0.25) is 0 Å². The molecule has 0 saturated heterocycles. The lowest BCUT2D eigenvalue weighted by atomic mass is 9.91. The second-order valence-corrected chi connectivity index (χ2v) is 28.1. The minimum atomic E-state index is -4.54. The standard InChI is InChI=1S/C49H35F3N4.C48H33F3N4/c1-30-12-10-17-35(24-30)39-28-37(48-54-46(33-13-6-4-7-14-33)53-47(55-48)34-15-8-5-9-16-34)29-40(36-18-11-19-38(27-36)49(50,51)52)45(39)56-43-22-20-31(2)25-41(43)42-26-32(3)21-23-44(42)56;1-30-13-11-18-34(25-30)39-28-36(47-53-45(32-14-5-3-6-15-32)52-46(54-47)33-16-7-4-8-17-33)29-40(35-19-12-20-37(27-35)48(49,50)51)44(39)55-42-22-10-9-21-38(42)41-26-31(2)23-24-43(41)55/h4-29H,1-3H3;3-29H,1-2H3. The highest BCUT2D eigenvalue weighted by Crippen LogP contribution is 2.48. The van der Waals surface area contributed by atoms with E-state index in [0.717, 1.165) is 139 Å². The first-order chi connectivity index (χ1) is 53.8. The number of fused-ring (bicyclic) bond motifs is 6. The molecule has 14 aromatic carbocycles. The minimum absolute atomic E-state index is 0.402. The lowest BCUT2D eigenvalue weighted by molar-refractivity contribution is -0.138. The summed E-state index contributed by atoms with van der Waals surface area (Å²) < 4.78 is 91.1. The van der Waals surface area contributed by atoms with E-state index < -0.39 is 23.5 Å². The van der Waals surface area contributed by atoms with E-state index in [0.29, 0.717) is 68.3 Å². The zero-order valence-electron chi connectivity index (χ0n) is 60.9. The van der Waals surface area contributed by atoms with Crippen LogP contribution in [0.25, 0.3) is 168 Å². The van der Waals surface area contributed by atoms with Gasteiger partial charge in [-0.2, -0.15) is 26.3 Å². The van der Waals surface area contributed by atoms with Crippen molar-refractivity contribution in [2.75, 3.05) is 0 Å². The first-order valence-corrected chi connectivity index (χ1v) is 36.4. The van der Waals surface area contributed by atoms with Crippen molar-refractivity contribution in [1.82, 2.24) is 39.0 Å². The molecule has 0 unspecified atom stereocenters. The molecule has 0 fully saturated rings. The molecule has 4 aromatic heterocycles. The smallest absolute Gasteiger partial charge is 0.308 e. The number of nitrogens with zero attached hydrogens (tertiary/aromatic N) is 8. The summed E-state index contributed by atoms with van der Waals surface area (Å²) in [5.74, 6) is 2.76. The molecule has 0 amide bonds. The van der Waals surface area contributed by atoms with Crippen molar-refractivity contribution < 1.29 is 26.3 Å². The van der Waals surface area contributed by atoms with Gasteiger partial charge in [0.25, 0.3) is 0 Å². The maximum absolute atomic E-state index is 14.5. The molecule has 0 aliphatic rings. The van der Waals surface area contributed by atoms with E-state index >= 15 is 0 Å². The highest BCUT2D eigenvalue weighted by atomic mass is 19.4. The zero-order valence-corrected chi connectivity index (χ0v) is 60.9. The first kappa shape index (κ1) is 70.3. The van der Waals surface area contributed by atoms with Crippen LogP contribution in [0.5, 0.6) is 0 Å². The molecule has 538 valence electrons. The Morgan fingerprint density at radius 3 is 0.775 bits per heavy atom. The van der Waals surface area contributed by atoms with Crippen LogP contribution < -0.4 is 0 Å². The maximum atomic E-state index is 14.5. The number of hydrogen-bond donors (Lipinski definition) is 0. The molecule has 0 N–H and O–H groups in total. The van der Waals surface area contributed by atoms with Gasteiger partial charge in [-0.15, -0.1) is 0 Å². The largest absolute Gasteiger partial charge is 0.416 e. The third-order valence-electron chi connectivity index (χ3n) is 20.1. The third kappa shape index (κ3) is 13.9. The number of para-hydroxylation sites is 1. The van der Waals surface area contributed by atoms with Gasteiger partial charge >= 0.3 is 12.4 Å². The Bertz CT molecular complexity index is 6430. The van der Waals surface area contributed by atoms with Crippen molar-refractivity contribution in [3.63, 3.8) is 0 Å². The summed E-state index contributed by atoms with van der Waals surface area (Å²) in [5, 5.41) is 4.24. The van der Waals surface area contributed by atoms with Crippen LogP contribution in [-0.4, -0.2) is 39.0 Å². The number of benzene rings is 14. The van der Waals surface area contributed by atoms with Gasteiger partial charge in [0.05, 0.1) is 44.6 Å². The van der Waals surface area contributed by atoms with Crippen molar-refractivity contribution in [2.24, 2.45) is 0 Å². The van der Waals surface area contributed by atoms with E-state index in [9.17, 15) is 26.3 Å². The van der Waals surface area contributed by atoms with Crippen LogP contribution in [0.4, 0.5) is 26.3 Å². The van der Waals surface area contributed by atoms with Crippen LogP contribution in [-0.2, 0) is 12.4 Å². The SMILES string of the molecule is Cc1cccc(-c2cc(-c3nc(-c4ccccc4)nc(-c4ccccc4)n3)cc(-c3cccc(C(F)(F)F)c3)c2-n2c3ccc(C)cc3c3cc(C)ccc32)c1.Cc1cccc(-c2cc(-c3nc(-c4ccccc4)nc(-c4ccccc4)n3)cc(-c3cccc(C(F)(F)F)c3)c2-n2c3ccccc3c3cc(C)ccc32)c1. The molecule has 14 heteroatoms. The molecular formula is C97H68F6N8. The molecule has 0 spiro atoms. The van der Waals surface area contributed by atoms with E-state index in [1.165, 1.54) is 24.3 Å². The highest BCUT2D eigenvalue weighted by Gasteiger charge is 2.34. The van der Waals surface area contributed by atoms with Gasteiger partial charge in [-0.3, -0.25) is 0 Å². The summed E-state index contributed by atoms with van der Waals surface area (Å²) >= 11 is 0. The molecule has 8 nitrogen and oxygen atoms in total. The van der Waals surface area contributed by atoms with Gasteiger partial charge in [0.2, 0.25) is 0 Å². The van der Waals surface area contributed by atoms with Gasteiger partial charge < -0.3 is 9.13 Å². The van der Waals surface area contributed by atoms with E-state index in [1.807, 2.05) is 196 Å². The van der Waals surface area contributed by atoms with Crippen molar-refractivity contribution in [2.45, 2.75) is 47.0 Å². The van der Waals surface area contributed by atoms with Gasteiger partial charge in [0.15, 0.2) is 34.9 Å². The van der Waals surface area contributed by atoms with Crippen molar-refractivity contribution in [3.8, 4) is 124 Å². The fourth-order valence-corrected chi connectivity index (χ4v) is 14.9. The van der Waals surface area contributed by atoms with E-state index in [4.69, 9.17) is 29.9 Å². The van der Waals surface area contributed by atoms with Gasteiger partial charge in [0.1, 0.15) is 0 Å². The Morgan fingerprint density at radius 2 is 0.459 bits per heavy atom. The molecule has 111 heavy (non-hydrogen) atoms. The number of halogens is 6. The minimum Gasteiger partial charge on any atom is -0.308 e. The predicted octanol–water partition coefficient (Wildman–Crippen LogP) is 26.2. The lowest BCUT2D eigenvalue weighted by Gasteiger charge is -2.22. The molecule has 0 radical (unpaired) electrons. The molecule has 0 bridgehead atoms. The van der Waals surface area contributed by atoms with Crippen LogP contribution >= 0.6 is 0 Å². The number of alkyl halides is 6. The molecular weight excluding hydrogens is 1390 g/mol. The normalized spacial score (nSPS) is 11.7. The van der Waals surface area contributed by atoms with E-state index in [-0.39, 0.29) is 0 Å². The van der Waals surface area contributed by atoms with E-state index in [1.54, 1.807) is 12.1 Å². The van der Waals surface area contributed by atoms with Gasteiger partial charge in [-0.25, -0.2) is 29.9 Å². The van der Waals surface area contributed by atoms with Gasteiger partial charge in [-0.05, 0) is 148 Å². The first-order valence-electron chi connectivity index (χ1n) is 36.4. The summed E-state index contributed by atoms with van der Waals surface area (Å²) in [5.41, 5.74) is 19.3. The quantitative estimate of drug-likeness (QED) is 0.113. The second kappa shape index (κ2) is 28.8. The summed E-state index contributed by atoms with van der Waals surface area (Å²) in [6, 6.07) is 102. The maximum Gasteiger partial charge on any atom is 0.416 e. The predicted molar refractivity (Wildman–Crippen MR) is 436 cm³/mol. The lowest BCUT2D eigenvalue weighted by Crippen LogP contribution is -2.06. The van der Waals surface area contributed by atoms with Crippen molar-refractivity contribution in [3.05, 3.63) is 360 Å². The molecule has 0 aliphatic heterocycles. The molecule has 18 rings (SSSR count). The summed E-state index contributed by atoms with van der Waals surface area (Å²) in [7, 11) is 0. The zero-order chi connectivity index (χ0) is 76.2. The van der Waals surface area contributed by atoms with Crippen molar-refractivity contribution >= 4 is 43.6 Å². The Labute approximate surface area is 637 Å². The number of hydrogen-bond acceptors (Lipinski definition) is 6. The van der Waals surface area contributed by atoms with Crippen molar-refractivity contribution in [1.29, 1.82) is 0 Å². The van der Waals surface area contributed by atoms with Gasteiger partial charge in [0, 0.05) is 77.2 Å². The second-order valence-electron chi connectivity index (χ2n) is 28.1. The number of aryl methyl sites for hydroxylation is 5. The molecule has 0 atom stereocenters. The Morgan fingerprint density at radius 1 is 0.207 bits per heavy atom. The highest BCUT2D eigenvalue weighted by molar-refractivity contribution is 6.13. The monoisotopic (exact) mass is 1460 g/mol. The fourth-order valence-electron chi connectivity index (χ4n) is 14.9. The Kier molecular flexibility index (Phi) is 18.2. The topological polar surface area (TPSA) is 87.2 Å². The Balaban J connectivity index is 0.000000161. The van der Waals surface area contributed by atoms with E-state index in [2.05, 4.69) is 121 Å². The average Bonchev–Trinajstić information content (AvgIpc) is 1.25. The molecule has 4 heterocycles. The summed E-state index contributed by atoms with van der Waals surface area (Å²) in [6.07, 6.45) is -9.08. The fraction of sp³-hybridized carbons (Fsp3) is 0.0722. The summed E-state index contributed by atoms with van der Waals surface area (Å²) in [4.78, 5) is 30.0. The number of rotatable bonds is 12. The van der Waals surface area contributed by atoms with Crippen LogP contribution in [0.1, 0.15) is 38.9 Å². The van der Waals surface area contributed by atoms with Crippen LogP contribution in [0.15, 0.2) is 322 Å². The number of aromatic nitrogens is 8. The third-order valence-corrected chi connectivity index (χ3v) is 20.1. The average molecular weight is 1460 g/mol. The molecule has 0 saturated carbocycles. The van der Waals surface area contributed by atoms with Crippen LogP contribution in [0, 0.1) is 34.6 Å².